The number of hydrogen-bond donors (Lipinski definition) is 1. The molecule has 142 valence electrons. The molecule has 1 unspecified atom stereocenters. The highest BCUT2D eigenvalue weighted by Gasteiger charge is 2.48. The van der Waals surface area contributed by atoms with Gasteiger partial charge in [0.1, 0.15) is 5.75 Å². The van der Waals surface area contributed by atoms with Gasteiger partial charge in [-0.05, 0) is 18.4 Å². The average molecular weight is 366 g/mol. The molecule has 0 aliphatic carbocycles. The van der Waals surface area contributed by atoms with Gasteiger partial charge >= 0.3 is 11.7 Å². The van der Waals surface area contributed by atoms with Gasteiger partial charge in [0.2, 0.25) is 5.75 Å². The monoisotopic (exact) mass is 366 g/mol. The number of carbonyl (C=O) groups excluding carboxylic acids is 1. The lowest BCUT2D eigenvalue weighted by atomic mass is 9.76. The van der Waals surface area contributed by atoms with E-state index in [9.17, 15) is 24.8 Å². The number of methoxy groups -OCH3 is 1. The third-order valence-electron chi connectivity index (χ3n) is 4.89. The predicted octanol–water partition coefficient (Wildman–Crippen LogP) is 1.94. The summed E-state index contributed by atoms with van der Waals surface area (Å²) < 4.78 is 10.4. The van der Waals surface area contributed by atoms with Gasteiger partial charge in [0.15, 0.2) is 6.61 Å². The van der Waals surface area contributed by atoms with Crippen molar-refractivity contribution in [2.24, 2.45) is 11.3 Å². The highest BCUT2D eigenvalue weighted by Crippen LogP contribution is 2.38. The quantitative estimate of drug-likeness (QED) is 0.578. The Kier molecular flexibility index (Phi) is 5.69. The lowest BCUT2D eigenvalue weighted by Crippen LogP contribution is -2.41. The number of amides is 1. The molecule has 1 amide bonds. The lowest BCUT2D eigenvalue weighted by Gasteiger charge is -2.28. The van der Waals surface area contributed by atoms with E-state index < -0.39 is 16.3 Å². The number of benzene rings is 1. The van der Waals surface area contributed by atoms with E-state index in [4.69, 9.17) is 9.47 Å². The van der Waals surface area contributed by atoms with Crippen molar-refractivity contribution < 1.29 is 29.1 Å². The molecule has 1 saturated heterocycles. The van der Waals surface area contributed by atoms with E-state index >= 15 is 0 Å². The summed E-state index contributed by atoms with van der Waals surface area (Å²) in [5.74, 6) is -1.04. The van der Waals surface area contributed by atoms with Crippen LogP contribution in [0.25, 0.3) is 0 Å². The standard InChI is InChI=1S/C17H22N2O7/c1-11(2)17(16(21)22)6-7-18(10-17)15(20)9-26-12-4-5-13(19(23)24)14(8-12)25-3/h4-5,8,11H,6-7,9-10H2,1-3H3,(H,21,22). The van der Waals surface area contributed by atoms with Crippen LogP contribution in [0.2, 0.25) is 0 Å². The molecule has 1 N–H and O–H groups in total. The summed E-state index contributed by atoms with van der Waals surface area (Å²) >= 11 is 0. The number of carboxylic acid groups (broad SMARTS) is 1. The predicted molar refractivity (Wildman–Crippen MR) is 91.2 cm³/mol. The van der Waals surface area contributed by atoms with Gasteiger partial charge in [0.25, 0.3) is 5.91 Å². The maximum absolute atomic E-state index is 12.3. The number of nitro benzene ring substituents is 1. The normalized spacial score (nSPS) is 19.5. The molecule has 1 atom stereocenters. The van der Waals surface area contributed by atoms with Crippen molar-refractivity contribution in [3.8, 4) is 11.5 Å². The number of nitrogens with zero attached hydrogens (tertiary/aromatic N) is 2. The zero-order chi connectivity index (χ0) is 19.5. The third kappa shape index (κ3) is 3.71. The first-order chi connectivity index (χ1) is 12.2. The zero-order valence-corrected chi connectivity index (χ0v) is 14.9. The Morgan fingerprint density at radius 3 is 2.62 bits per heavy atom. The first kappa shape index (κ1) is 19.5. The number of ether oxygens (including phenoxy) is 2. The average Bonchev–Trinajstić information content (AvgIpc) is 3.06. The number of nitro groups is 1. The van der Waals surface area contributed by atoms with Crippen LogP contribution in [0, 0.1) is 21.4 Å². The van der Waals surface area contributed by atoms with Crippen LogP contribution in [-0.4, -0.2) is 53.6 Å². The number of rotatable bonds is 7. The molecule has 1 heterocycles. The van der Waals surface area contributed by atoms with Crippen molar-refractivity contribution in [2.75, 3.05) is 26.8 Å². The highest BCUT2D eigenvalue weighted by atomic mass is 16.6. The molecule has 9 heteroatoms. The van der Waals surface area contributed by atoms with E-state index in [1.54, 1.807) is 0 Å². The second-order valence-corrected chi connectivity index (χ2v) is 6.56. The second-order valence-electron chi connectivity index (χ2n) is 6.56. The van der Waals surface area contributed by atoms with Crippen molar-refractivity contribution >= 4 is 17.6 Å². The largest absolute Gasteiger partial charge is 0.490 e. The smallest absolute Gasteiger partial charge is 0.311 e. The van der Waals surface area contributed by atoms with Gasteiger partial charge in [-0.15, -0.1) is 0 Å². The van der Waals surface area contributed by atoms with E-state index in [1.165, 1.54) is 30.2 Å². The topological polar surface area (TPSA) is 119 Å². The number of aliphatic carboxylic acids is 1. The molecular weight excluding hydrogens is 344 g/mol. The van der Waals surface area contributed by atoms with Crippen LogP contribution in [0.3, 0.4) is 0 Å². The number of carbonyl (C=O) groups is 2. The minimum absolute atomic E-state index is 0.0332. The van der Waals surface area contributed by atoms with Crippen LogP contribution >= 0.6 is 0 Å². The molecule has 1 aliphatic heterocycles. The summed E-state index contributed by atoms with van der Waals surface area (Å²) in [5, 5.41) is 20.4. The second kappa shape index (κ2) is 7.59. The minimum Gasteiger partial charge on any atom is -0.490 e. The van der Waals surface area contributed by atoms with E-state index in [0.717, 1.165) is 0 Å². The van der Waals surface area contributed by atoms with Crippen LogP contribution < -0.4 is 9.47 Å². The van der Waals surface area contributed by atoms with Crippen LogP contribution in [-0.2, 0) is 9.59 Å². The third-order valence-corrected chi connectivity index (χ3v) is 4.89. The van der Waals surface area contributed by atoms with Crippen molar-refractivity contribution in [1.29, 1.82) is 0 Å². The van der Waals surface area contributed by atoms with Gasteiger partial charge in [0, 0.05) is 25.2 Å². The maximum Gasteiger partial charge on any atom is 0.311 e. The molecule has 0 saturated carbocycles. The summed E-state index contributed by atoms with van der Waals surface area (Å²) in [6.07, 6.45) is 0.400. The van der Waals surface area contributed by atoms with E-state index in [2.05, 4.69) is 0 Å². The van der Waals surface area contributed by atoms with Crippen LogP contribution in [0.1, 0.15) is 20.3 Å². The van der Waals surface area contributed by atoms with Crippen molar-refractivity contribution in [2.45, 2.75) is 20.3 Å². The molecule has 2 rings (SSSR count). The Balaban J connectivity index is 2.01. The van der Waals surface area contributed by atoms with Gasteiger partial charge in [-0.25, -0.2) is 0 Å². The van der Waals surface area contributed by atoms with E-state index in [-0.39, 0.29) is 42.2 Å². The maximum atomic E-state index is 12.3. The van der Waals surface area contributed by atoms with E-state index in [1.807, 2.05) is 13.8 Å². The summed E-state index contributed by atoms with van der Waals surface area (Å²) in [6, 6.07) is 3.96. The molecule has 1 aliphatic rings. The molecule has 0 spiro atoms. The molecule has 1 fully saturated rings. The summed E-state index contributed by atoms with van der Waals surface area (Å²) in [4.78, 5) is 35.8. The Bertz CT molecular complexity index is 719. The fraction of sp³-hybridized carbons (Fsp3) is 0.529. The first-order valence-corrected chi connectivity index (χ1v) is 8.17. The molecule has 0 bridgehead atoms. The van der Waals surface area contributed by atoms with Crippen molar-refractivity contribution in [3.05, 3.63) is 28.3 Å². The number of hydrogen-bond acceptors (Lipinski definition) is 6. The van der Waals surface area contributed by atoms with Gasteiger partial charge < -0.3 is 19.5 Å². The van der Waals surface area contributed by atoms with Crippen LogP contribution in [0.4, 0.5) is 5.69 Å². The molecule has 26 heavy (non-hydrogen) atoms. The van der Waals surface area contributed by atoms with Gasteiger partial charge in [-0.2, -0.15) is 0 Å². The molecular formula is C17H22N2O7. The Morgan fingerprint density at radius 2 is 2.12 bits per heavy atom. The lowest BCUT2D eigenvalue weighted by molar-refractivity contribution is -0.385. The highest BCUT2D eigenvalue weighted by molar-refractivity contribution is 5.81. The molecule has 1 aromatic carbocycles. The van der Waals surface area contributed by atoms with Crippen molar-refractivity contribution in [3.63, 3.8) is 0 Å². The number of carboxylic acids is 1. The molecule has 9 nitrogen and oxygen atoms in total. The SMILES string of the molecule is COc1cc(OCC(=O)N2CCC(C(=O)O)(C(C)C)C2)ccc1[N+](=O)[O-]. The molecule has 1 aromatic rings. The van der Waals surface area contributed by atoms with E-state index in [0.29, 0.717) is 13.0 Å². The summed E-state index contributed by atoms with van der Waals surface area (Å²) in [7, 11) is 1.30. The van der Waals surface area contributed by atoms with Crippen LogP contribution in [0.5, 0.6) is 11.5 Å². The van der Waals surface area contributed by atoms with Gasteiger partial charge in [-0.1, -0.05) is 13.8 Å². The fourth-order valence-electron chi connectivity index (χ4n) is 3.07. The zero-order valence-electron chi connectivity index (χ0n) is 14.9. The van der Waals surface area contributed by atoms with Crippen LogP contribution in [0.15, 0.2) is 18.2 Å². The number of likely N-dealkylation sites (tertiary alicyclic amines) is 1. The molecule has 0 radical (unpaired) electrons. The minimum atomic E-state index is -0.938. The molecule has 0 aromatic heterocycles. The first-order valence-electron chi connectivity index (χ1n) is 8.17. The Labute approximate surface area is 150 Å². The Hall–Kier alpha value is -2.84. The Morgan fingerprint density at radius 1 is 1.42 bits per heavy atom. The fourth-order valence-corrected chi connectivity index (χ4v) is 3.07. The van der Waals surface area contributed by atoms with Gasteiger partial charge in [-0.3, -0.25) is 19.7 Å². The van der Waals surface area contributed by atoms with Crippen molar-refractivity contribution in [1.82, 2.24) is 4.90 Å². The summed E-state index contributed by atoms with van der Waals surface area (Å²) in [6.45, 7) is 3.89. The van der Waals surface area contributed by atoms with Gasteiger partial charge in [0.05, 0.1) is 17.4 Å². The summed E-state index contributed by atoms with van der Waals surface area (Å²) in [5.41, 5.74) is -1.14.